The molecule has 0 aliphatic heterocycles. The number of aliphatic carboxylic acids is 1. The van der Waals surface area contributed by atoms with Gasteiger partial charge in [0.1, 0.15) is 11.4 Å². The summed E-state index contributed by atoms with van der Waals surface area (Å²) < 4.78 is 39.1. The third kappa shape index (κ3) is 3.34. The van der Waals surface area contributed by atoms with Crippen LogP contribution in [0.2, 0.25) is 0 Å². The third-order valence-electron chi connectivity index (χ3n) is 2.12. The Kier molecular flexibility index (Phi) is 4.31. The van der Waals surface area contributed by atoms with Crippen LogP contribution in [0.5, 0.6) is 0 Å². The van der Waals surface area contributed by atoms with Gasteiger partial charge < -0.3 is 10.0 Å². The first-order valence-corrected chi connectivity index (χ1v) is 5.04. The minimum absolute atomic E-state index is 0.192. The van der Waals surface area contributed by atoms with Crippen LogP contribution >= 0.6 is 0 Å². The highest BCUT2D eigenvalue weighted by Gasteiger charge is 2.24. The third-order valence-corrected chi connectivity index (χ3v) is 2.12. The van der Waals surface area contributed by atoms with Gasteiger partial charge in [-0.2, -0.15) is 0 Å². The quantitative estimate of drug-likeness (QED) is 0.299. The second-order valence-electron chi connectivity index (χ2n) is 3.89. The van der Waals surface area contributed by atoms with Crippen LogP contribution in [0.3, 0.4) is 0 Å². The topological polar surface area (TPSA) is 57.6 Å². The molecule has 0 amide bonds. The summed E-state index contributed by atoms with van der Waals surface area (Å²) in [4.78, 5) is 24.0. The Labute approximate surface area is 106 Å². The van der Waals surface area contributed by atoms with Gasteiger partial charge >= 0.3 is 5.97 Å². The van der Waals surface area contributed by atoms with Crippen molar-refractivity contribution in [1.82, 2.24) is 4.90 Å². The van der Waals surface area contributed by atoms with Gasteiger partial charge in [0.15, 0.2) is 11.6 Å². The fourth-order valence-electron chi connectivity index (χ4n) is 1.31. The number of carboxylic acid groups (broad SMARTS) is 1. The summed E-state index contributed by atoms with van der Waals surface area (Å²) >= 11 is 0. The van der Waals surface area contributed by atoms with Crippen molar-refractivity contribution in [2.24, 2.45) is 0 Å². The standard InChI is InChI=1S/C12H10F3NO3/c1-16(2)5-7(12(18)19)11(17)6-3-9(14)10(15)4-8(6)13/h3-5H,1-2H3,(H,18,19). The molecule has 0 heterocycles. The molecule has 102 valence electrons. The van der Waals surface area contributed by atoms with Gasteiger partial charge in [-0.25, -0.2) is 18.0 Å². The molecular formula is C12H10F3NO3. The van der Waals surface area contributed by atoms with E-state index in [1.807, 2.05) is 0 Å². The van der Waals surface area contributed by atoms with Crippen molar-refractivity contribution in [3.63, 3.8) is 0 Å². The minimum Gasteiger partial charge on any atom is -0.477 e. The van der Waals surface area contributed by atoms with E-state index in [-0.39, 0.29) is 6.07 Å². The first-order chi connectivity index (χ1) is 8.73. The maximum Gasteiger partial charge on any atom is 0.341 e. The van der Waals surface area contributed by atoms with E-state index in [0.717, 1.165) is 6.20 Å². The van der Waals surface area contributed by atoms with Crippen molar-refractivity contribution in [3.8, 4) is 0 Å². The van der Waals surface area contributed by atoms with E-state index in [1.165, 1.54) is 19.0 Å². The zero-order chi connectivity index (χ0) is 14.7. The average molecular weight is 273 g/mol. The highest BCUT2D eigenvalue weighted by molar-refractivity contribution is 6.23. The van der Waals surface area contributed by atoms with Gasteiger partial charge in [0, 0.05) is 26.4 Å². The Morgan fingerprint density at radius 3 is 2.11 bits per heavy atom. The van der Waals surface area contributed by atoms with Crippen molar-refractivity contribution < 1.29 is 27.9 Å². The second-order valence-corrected chi connectivity index (χ2v) is 3.89. The van der Waals surface area contributed by atoms with Gasteiger partial charge in [0.25, 0.3) is 0 Å². The van der Waals surface area contributed by atoms with Gasteiger partial charge in [-0.1, -0.05) is 0 Å². The Bertz CT molecular complexity index is 568. The predicted molar refractivity (Wildman–Crippen MR) is 60.1 cm³/mol. The first-order valence-electron chi connectivity index (χ1n) is 5.04. The molecule has 0 atom stereocenters. The molecule has 1 aromatic rings. The first kappa shape index (κ1) is 14.7. The molecule has 0 aliphatic rings. The minimum atomic E-state index is -1.59. The van der Waals surface area contributed by atoms with Crippen LogP contribution in [-0.4, -0.2) is 35.9 Å². The Morgan fingerprint density at radius 1 is 1.11 bits per heavy atom. The number of ketones is 1. The lowest BCUT2D eigenvalue weighted by Crippen LogP contribution is -2.18. The van der Waals surface area contributed by atoms with Gasteiger partial charge in [-0.3, -0.25) is 4.79 Å². The van der Waals surface area contributed by atoms with Crippen molar-refractivity contribution in [2.45, 2.75) is 0 Å². The molecule has 0 unspecified atom stereocenters. The molecule has 0 radical (unpaired) electrons. The molecule has 0 aromatic heterocycles. The van der Waals surface area contributed by atoms with E-state index < -0.39 is 40.3 Å². The van der Waals surface area contributed by atoms with Gasteiger partial charge in [-0.15, -0.1) is 0 Å². The van der Waals surface area contributed by atoms with Crippen LogP contribution in [0, 0.1) is 17.5 Å². The largest absolute Gasteiger partial charge is 0.477 e. The molecule has 1 rings (SSSR count). The molecule has 7 heteroatoms. The monoisotopic (exact) mass is 273 g/mol. The molecule has 0 fully saturated rings. The van der Waals surface area contributed by atoms with E-state index in [1.54, 1.807) is 0 Å². The molecule has 19 heavy (non-hydrogen) atoms. The second kappa shape index (κ2) is 5.55. The van der Waals surface area contributed by atoms with E-state index >= 15 is 0 Å². The van der Waals surface area contributed by atoms with Crippen molar-refractivity contribution in [3.05, 3.63) is 46.9 Å². The highest BCUT2D eigenvalue weighted by Crippen LogP contribution is 2.17. The van der Waals surface area contributed by atoms with Crippen molar-refractivity contribution in [1.29, 1.82) is 0 Å². The SMILES string of the molecule is CN(C)C=C(C(=O)O)C(=O)c1cc(F)c(F)cc1F. The van der Waals surface area contributed by atoms with Crippen LogP contribution in [-0.2, 0) is 4.79 Å². The van der Waals surface area contributed by atoms with E-state index in [9.17, 15) is 22.8 Å². The van der Waals surface area contributed by atoms with Crippen LogP contribution in [0.15, 0.2) is 23.9 Å². The zero-order valence-electron chi connectivity index (χ0n) is 10.1. The number of hydrogen-bond donors (Lipinski definition) is 1. The number of carboxylic acids is 1. The summed E-state index contributed by atoms with van der Waals surface area (Å²) in [5, 5.41) is 8.86. The molecule has 1 N–H and O–H groups in total. The Hall–Kier alpha value is -2.31. The number of carbonyl (C=O) groups excluding carboxylic acids is 1. The highest BCUT2D eigenvalue weighted by atomic mass is 19.2. The van der Waals surface area contributed by atoms with Gasteiger partial charge in [0.05, 0.1) is 5.56 Å². The summed E-state index contributed by atoms with van der Waals surface area (Å²) in [5.41, 5.74) is -1.59. The Balaban J connectivity index is 3.33. The average Bonchev–Trinajstić information content (AvgIpc) is 2.29. The lowest BCUT2D eigenvalue weighted by atomic mass is 10.0. The molecule has 1 aromatic carbocycles. The number of hydrogen-bond acceptors (Lipinski definition) is 3. The normalized spacial score (nSPS) is 11.3. The van der Waals surface area contributed by atoms with E-state index in [0.29, 0.717) is 6.07 Å². The van der Waals surface area contributed by atoms with E-state index in [2.05, 4.69) is 0 Å². The van der Waals surface area contributed by atoms with Crippen LogP contribution in [0.1, 0.15) is 10.4 Å². The lowest BCUT2D eigenvalue weighted by molar-refractivity contribution is -0.132. The van der Waals surface area contributed by atoms with Crippen LogP contribution in [0.25, 0.3) is 0 Å². The number of nitrogens with zero attached hydrogens (tertiary/aromatic N) is 1. The molecule has 0 spiro atoms. The van der Waals surface area contributed by atoms with Gasteiger partial charge in [-0.05, 0) is 6.07 Å². The van der Waals surface area contributed by atoms with Crippen molar-refractivity contribution >= 4 is 11.8 Å². The molecule has 0 saturated carbocycles. The van der Waals surface area contributed by atoms with Crippen LogP contribution < -0.4 is 0 Å². The summed E-state index contributed by atoms with van der Waals surface area (Å²) in [6.45, 7) is 0. The maximum absolute atomic E-state index is 13.4. The number of Topliss-reactive ketones (excluding diaryl/α,β-unsaturated/α-hetero) is 1. The Morgan fingerprint density at radius 2 is 1.63 bits per heavy atom. The fraction of sp³-hybridized carbons (Fsp3) is 0.167. The molecule has 0 saturated heterocycles. The zero-order valence-corrected chi connectivity index (χ0v) is 10.1. The molecule has 0 bridgehead atoms. The molecule has 4 nitrogen and oxygen atoms in total. The molecular weight excluding hydrogens is 263 g/mol. The van der Waals surface area contributed by atoms with Crippen molar-refractivity contribution in [2.75, 3.05) is 14.1 Å². The van der Waals surface area contributed by atoms with Crippen LogP contribution in [0.4, 0.5) is 13.2 Å². The molecule has 0 aliphatic carbocycles. The van der Waals surface area contributed by atoms with E-state index in [4.69, 9.17) is 5.11 Å². The summed E-state index contributed by atoms with van der Waals surface area (Å²) in [7, 11) is 2.91. The smallest absolute Gasteiger partial charge is 0.341 e. The summed E-state index contributed by atoms with van der Waals surface area (Å²) in [6, 6.07) is 0.525. The predicted octanol–water partition coefficient (Wildman–Crippen LogP) is 1.82. The maximum atomic E-state index is 13.4. The lowest BCUT2D eigenvalue weighted by Gasteiger charge is -2.09. The fourth-order valence-corrected chi connectivity index (χ4v) is 1.31. The number of carbonyl (C=O) groups is 2. The number of halogens is 3. The number of benzene rings is 1. The number of rotatable bonds is 4. The van der Waals surface area contributed by atoms with Gasteiger partial charge in [0.2, 0.25) is 5.78 Å². The summed E-state index contributed by atoms with van der Waals surface area (Å²) in [6.07, 6.45) is 0.950. The summed E-state index contributed by atoms with van der Waals surface area (Å²) in [5.74, 6) is -7.04.